The topological polar surface area (TPSA) is 72.3 Å². The van der Waals surface area contributed by atoms with Crippen LogP contribution in [0.2, 0.25) is 5.02 Å². The lowest BCUT2D eigenvalue weighted by atomic mass is 10.3. The second-order valence-corrected chi connectivity index (χ2v) is 8.58. The first-order chi connectivity index (χ1) is 14.1. The molecule has 3 rings (SSSR count). The highest BCUT2D eigenvalue weighted by molar-refractivity contribution is 8.00. The summed E-state index contributed by atoms with van der Waals surface area (Å²) in [5.41, 5.74) is 0.827. The molecule has 1 unspecified atom stereocenters. The van der Waals surface area contributed by atoms with Gasteiger partial charge in [-0.3, -0.25) is 9.36 Å². The van der Waals surface area contributed by atoms with Crippen LogP contribution in [-0.2, 0) is 9.53 Å². The molecular formula is C20H28ClN5O2S. The van der Waals surface area contributed by atoms with E-state index in [2.05, 4.69) is 20.4 Å². The van der Waals surface area contributed by atoms with Crippen molar-refractivity contribution < 1.29 is 9.53 Å². The summed E-state index contributed by atoms with van der Waals surface area (Å²) in [6.07, 6.45) is 3.07. The van der Waals surface area contributed by atoms with Crippen molar-refractivity contribution in [3.8, 4) is 5.69 Å². The molecule has 158 valence electrons. The number of nitrogens with one attached hydrogen (secondary N) is 1. The van der Waals surface area contributed by atoms with E-state index in [1.54, 1.807) is 0 Å². The summed E-state index contributed by atoms with van der Waals surface area (Å²) in [4.78, 5) is 14.7. The summed E-state index contributed by atoms with van der Waals surface area (Å²) in [7, 11) is 0. The number of hydrogen-bond donors (Lipinski definition) is 1. The number of carbonyl (C=O) groups excluding carboxylic acids is 1. The Morgan fingerprint density at radius 2 is 2.07 bits per heavy atom. The number of rotatable bonds is 10. The van der Waals surface area contributed by atoms with Crippen molar-refractivity contribution in [2.75, 3.05) is 37.7 Å². The van der Waals surface area contributed by atoms with Gasteiger partial charge in [0.15, 0.2) is 5.16 Å². The quantitative estimate of drug-likeness (QED) is 0.452. The van der Waals surface area contributed by atoms with Gasteiger partial charge in [0.05, 0.1) is 16.0 Å². The molecule has 1 aliphatic rings. The van der Waals surface area contributed by atoms with E-state index in [4.69, 9.17) is 16.3 Å². The Morgan fingerprint density at radius 1 is 1.31 bits per heavy atom. The summed E-state index contributed by atoms with van der Waals surface area (Å²) < 4.78 is 7.27. The normalized spacial score (nSPS) is 14.9. The second kappa shape index (κ2) is 10.8. The first kappa shape index (κ1) is 21.9. The monoisotopic (exact) mass is 437 g/mol. The molecule has 29 heavy (non-hydrogen) atoms. The fourth-order valence-corrected chi connectivity index (χ4v) is 4.29. The van der Waals surface area contributed by atoms with E-state index in [9.17, 15) is 4.79 Å². The van der Waals surface area contributed by atoms with Crippen molar-refractivity contribution in [3.63, 3.8) is 0 Å². The van der Waals surface area contributed by atoms with Gasteiger partial charge in [0.2, 0.25) is 11.9 Å². The summed E-state index contributed by atoms with van der Waals surface area (Å²) >= 11 is 7.87. The minimum atomic E-state index is -0.307. The average molecular weight is 438 g/mol. The Kier molecular flexibility index (Phi) is 8.20. The molecule has 0 saturated carbocycles. The lowest BCUT2D eigenvalue weighted by molar-refractivity contribution is -0.120. The van der Waals surface area contributed by atoms with E-state index in [-0.39, 0.29) is 11.2 Å². The molecule has 1 fully saturated rings. The maximum absolute atomic E-state index is 12.5. The van der Waals surface area contributed by atoms with Gasteiger partial charge in [-0.1, -0.05) is 35.5 Å². The maximum Gasteiger partial charge on any atom is 0.233 e. The first-order valence-electron chi connectivity index (χ1n) is 10.1. The fraction of sp³-hybridized carbons (Fsp3) is 0.550. The molecule has 1 aromatic carbocycles. The van der Waals surface area contributed by atoms with Crippen LogP contribution in [0.4, 0.5) is 5.95 Å². The van der Waals surface area contributed by atoms with Gasteiger partial charge in [-0.15, -0.1) is 10.2 Å². The SMILES string of the molecule is CCOCCCNC(=O)C(C)Sc1nnc(N2CCCC2)n1-c1ccccc1Cl. The molecule has 1 saturated heterocycles. The molecule has 0 aliphatic carbocycles. The zero-order valence-corrected chi connectivity index (χ0v) is 18.5. The molecule has 1 aromatic heterocycles. The Bertz CT molecular complexity index is 810. The number of hydrogen-bond acceptors (Lipinski definition) is 6. The molecule has 1 N–H and O–H groups in total. The van der Waals surface area contributed by atoms with Gasteiger partial charge in [-0.2, -0.15) is 0 Å². The van der Waals surface area contributed by atoms with Crippen LogP contribution in [0.25, 0.3) is 5.69 Å². The maximum atomic E-state index is 12.5. The van der Waals surface area contributed by atoms with E-state index >= 15 is 0 Å². The summed E-state index contributed by atoms with van der Waals surface area (Å²) in [5.74, 6) is 0.755. The van der Waals surface area contributed by atoms with Crippen LogP contribution in [0.3, 0.4) is 0 Å². The van der Waals surface area contributed by atoms with E-state index in [1.165, 1.54) is 11.8 Å². The molecule has 0 spiro atoms. The predicted octanol–water partition coefficient (Wildman–Crippen LogP) is 3.54. The van der Waals surface area contributed by atoms with Crippen LogP contribution in [0.1, 0.15) is 33.1 Å². The smallest absolute Gasteiger partial charge is 0.233 e. The highest BCUT2D eigenvalue weighted by atomic mass is 35.5. The van der Waals surface area contributed by atoms with Crippen LogP contribution in [0.5, 0.6) is 0 Å². The molecular weight excluding hydrogens is 410 g/mol. The fourth-order valence-electron chi connectivity index (χ4n) is 3.19. The Morgan fingerprint density at radius 3 is 2.79 bits per heavy atom. The van der Waals surface area contributed by atoms with Crippen molar-refractivity contribution in [3.05, 3.63) is 29.3 Å². The number of ether oxygens (including phenoxy) is 1. The zero-order valence-electron chi connectivity index (χ0n) is 16.9. The van der Waals surface area contributed by atoms with Gasteiger partial charge in [0, 0.05) is 32.8 Å². The van der Waals surface area contributed by atoms with Crippen molar-refractivity contribution in [2.45, 2.75) is 43.5 Å². The molecule has 1 amide bonds. The van der Waals surface area contributed by atoms with Crippen LogP contribution < -0.4 is 10.2 Å². The van der Waals surface area contributed by atoms with E-state index in [0.717, 1.165) is 44.0 Å². The van der Waals surface area contributed by atoms with Gasteiger partial charge >= 0.3 is 0 Å². The number of halogens is 1. The number of thioether (sulfide) groups is 1. The lowest BCUT2D eigenvalue weighted by Crippen LogP contribution is -2.32. The zero-order chi connectivity index (χ0) is 20.6. The van der Waals surface area contributed by atoms with Crippen LogP contribution >= 0.6 is 23.4 Å². The third kappa shape index (κ3) is 5.65. The largest absolute Gasteiger partial charge is 0.382 e. The highest BCUT2D eigenvalue weighted by Crippen LogP contribution is 2.33. The minimum absolute atomic E-state index is 0.0251. The van der Waals surface area contributed by atoms with Gasteiger partial charge in [-0.25, -0.2) is 0 Å². The Hall–Kier alpha value is -1.77. The Balaban J connectivity index is 1.75. The van der Waals surface area contributed by atoms with Gasteiger partial charge in [0.25, 0.3) is 0 Å². The summed E-state index contributed by atoms with van der Waals surface area (Å²) in [6.45, 7) is 7.67. The van der Waals surface area contributed by atoms with E-state index in [0.29, 0.717) is 29.9 Å². The molecule has 9 heteroatoms. The molecule has 1 atom stereocenters. The third-order valence-corrected chi connectivity index (χ3v) is 6.08. The summed E-state index contributed by atoms with van der Waals surface area (Å²) in [5, 5.41) is 12.8. The molecule has 7 nitrogen and oxygen atoms in total. The number of aromatic nitrogens is 3. The van der Waals surface area contributed by atoms with Crippen molar-refractivity contribution in [1.29, 1.82) is 0 Å². The van der Waals surface area contributed by atoms with Crippen molar-refractivity contribution >= 4 is 35.2 Å². The number of amides is 1. The second-order valence-electron chi connectivity index (χ2n) is 6.87. The number of nitrogens with zero attached hydrogens (tertiary/aromatic N) is 4. The van der Waals surface area contributed by atoms with Crippen molar-refractivity contribution in [2.24, 2.45) is 0 Å². The average Bonchev–Trinajstić information content (AvgIpc) is 3.38. The number of para-hydroxylation sites is 1. The summed E-state index contributed by atoms with van der Waals surface area (Å²) in [6, 6.07) is 7.65. The predicted molar refractivity (Wildman–Crippen MR) is 117 cm³/mol. The third-order valence-electron chi connectivity index (χ3n) is 4.72. The number of carbonyl (C=O) groups is 1. The standard InChI is InChI=1S/C20H28ClN5O2S/c1-3-28-14-8-11-22-18(27)15(2)29-20-24-23-19(25-12-6-7-13-25)26(20)17-10-5-4-9-16(17)21/h4-5,9-10,15H,3,6-8,11-14H2,1-2H3,(H,22,27). The van der Waals surface area contributed by atoms with Crippen molar-refractivity contribution in [1.82, 2.24) is 20.1 Å². The van der Waals surface area contributed by atoms with E-state index < -0.39 is 0 Å². The van der Waals surface area contributed by atoms with Crippen LogP contribution in [-0.4, -0.2) is 58.8 Å². The molecule has 2 aromatic rings. The Labute approximate surface area is 181 Å². The number of benzene rings is 1. The first-order valence-corrected chi connectivity index (χ1v) is 11.3. The lowest BCUT2D eigenvalue weighted by Gasteiger charge is -2.19. The number of anilines is 1. The van der Waals surface area contributed by atoms with Crippen LogP contribution in [0.15, 0.2) is 29.4 Å². The van der Waals surface area contributed by atoms with E-state index in [1.807, 2.05) is 42.7 Å². The van der Waals surface area contributed by atoms with Crippen LogP contribution in [0, 0.1) is 0 Å². The molecule has 0 radical (unpaired) electrons. The van der Waals surface area contributed by atoms with Gasteiger partial charge in [0.1, 0.15) is 0 Å². The molecule has 2 heterocycles. The molecule has 0 bridgehead atoms. The molecule has 1 aliphatic heterocycles. The van der Waals surface area contributed by atoms with Gasteiger partial charge in [-0.05, 0) is 45.2 Å². The minimum Gasteiger partial charge on any atom is -0.382 e. The van der Waals surface area contributed by atoms with Gasteiger partial charge < -0.3 is 15.0 Å². The highest BCUT2D eigenvalue weighted by Gasteiger charge is 2.26.